The maximum absolute atomic E-state index is 13.3. The highest BCUT2D eigenvalue weighted by Crippen LogP contribution is 2.42. The van der Waals surface area contributed by atoms with Gasteiger partial charge in [0.05, 0.1) is 5.92 Å². The summed E-state index contributed by atoms with van der Waals surface area (Å²) < 4.78 is 39.8. The maximum atomic E-state index is 13.3. The Morgan fingerprint density at radius 3 is 2.50 bits per heavy atom. The minimum Gasteiger partial charge on any atom is -0.289 e. The van der Waals surface area contributed by atoms with Gasteiger partial charge in [0.15, 0.2) is 0 Å². The number of Topliss-reactive ketones (excluding diaryl/α,β-unsaturated/α-hetero) is 1. The first-order valence-corrected chi connectivity index (χ1v) is 9.16. The predicted octanol–water partition coefficient (Wildman–Crippen LogP) is 5.78. The van der Waals surface area contributed by atoms with E-state index in [2.05, 4.69) is 0 Å². The largest absolute Gasteiger partial charge is 0.450 e. The molecule has 0 spiro atoms. The number of carbonyl (C=O) groups excluding carboxylic acids is 1. The Bertz CT molecular complexity index is 958. The van der Waals surface area contributed by atoms with Crippen LogP contribution in [-0.4, -0.2) is 12.0 Å². The van der Waals surface area contributed by atoms with Gasteiger partial charge in [0, 0.05) is 4.88 Å². The molecule has 0 N–H and O–H groups in total. The third-order valence-corrected chi connectivity index (χ3v) is 5.74. The minimum absolute atomic E-state index is 0.0722. The molecule has 0 saturated heterocycles. The summed E-state index contributed by atoms with van der Waals surface area (Å²) in [4.78, 5) is 13.0. The molecular formula is C21H15F3OS. The zero-order valence-electron chi connectivity index (χ0n) is 13.7. The van der Waals surface area contributed by atoms with E-state index in [1.807, 2.05) is 35.7 Å². The molecule has 2 aromatic carbocycles. The second kappa shape index (κ2) is 6.40. The lowest BCUT2D eigenvalue weighted by molar-refractivity contribution is -0.172. The zero-order chi connectivity index (χ0) is 18.3. The summed E-state index contributed by atoms with van der Waals surface area (Å²) >= 11 is 1.38. The van der Waals surface area contributed by atoms with Crippen molar-refractivity contribution in [3.63, 3.8) is 0 Å². The number of thiophene rings is 1. The van der Waals surface area contributed by atoms with Crippen LogP contribution in [0.5, 0.6) is 0 Å². The van der Waals surface area contributed by atoms with Gasteiger partial charge >= 0.3 is 6.18 Å². The van der Waals surface area contributed by atoms with Gasteiger partial charge in [-0.05, 0) is 52.1 Å². The second-order valence-corrected chi connectivity index (χ2v) is 7.44. The molecule has 5 heteroatoms. The van der Waals surface area contributed by atoms with Gasteiger partial charge in [-0.2, -0.15) is 13.2 Å². The van der Waals surface area contributed by atoms with E-state index < -0.39 is 17.9 Å². The summed E-state index contributed by atoms with van der Waals surface area (Å²) in [7, 11) is 0. The number of rotatable bonds is 4. The first-order chi connectivity index (χ1) is 12.4. The van der Waals surface area contributed by atoms with E-state index in [1.54, 1.807) is 24.3 Å². The fourth-order valence-corrected chi connectivity index (χ4v) is 4.43. The number of fused-ring (bicyclic) bond motifs is 3. The van der Waals surface area contributed by atoms with Crippen molar-refractivity contribution in [2.24, 2.45) is 0 Å². The number of halogens is 3. The fourth-order valence-electron chi connectivity index (χ4n) is 3.68. The van der Waals surface area contributed by atoms with Crippen LogP contribution in [-0.2, 0) is 17.6 Å². The first-order valence-electron chi connectivity index (χ1n) is 8.28. The van der Waals surface area contributed by atoms with Gasteiger partial charge in [-0.3, -0.25) is 4.79 Å². The molecule has 132 valence electrons. The van der Waals surface area contributed by atoms with Crippen LogP contribution in [0.4, 0.5) is 13.2 Å². The molecule has 1 unspecified atom stereocenters. The van der Waals surface area contributed by atoms with E-state index >= 15 is 0 Å². The van der Waals surface area contributed by atoms with Crippen LogP contribution >= 0.6 is 11.3 Å². The van der Waals surface area contributed by atoms with Crippen molar-refractivity contribution in [2.75, 3.05) is 0 Å². The van der Waals surface area contributed by atoms with Gasteiger partial charge in [0.2, 0.25) is 5.78 Å². The average Bonchev–Trinajstić information content (AvgIpc) is 3.25. The third-order valence-electron chi connectivity index (χ3n) is 4.84. The Kier molecular flexibility index (Phi) is 4.19. The van der Waals surface area contributed by atoms with Crippen LogP contribution in [0.15, 0.2) is 60.0 Å². The molecule has 1 atom stereocenters. The van der Waals surface area contributed by atoms with E-state index in [0.717, 1.165) is 27.1 Å². The average molecular weight is 372 g/mol. The molecule has 26 heavy (non-hydrogen) atoms. The summed E-state index contributed by atoms with van der Waals surface area (Å²) in [6.45, 7) is 0. The normalized spacial score (nSPS) is 14.0. The summed E-state index contributed by atoms with van der Waals surface area (Å²) in [6, 6.07) is 16.7. The van der Waals surface area contributed by atoms with Gasteiger partial charge in [-0.1, -0.05) is 48.5 Å². The third kappa shape index (κ3) is 2.97. The van der Waals surface area contributed by atoms with E-state index in [-0.39, 0.29) is 6.42 Å². The molecule has 0 aliphatic heterocycles. The minimum atomic E-state index is -4.85. The van der Waals surface area contributed by atoms with Crippen LogP contribution in [0.2, 0.25) is 0 Å². The lowest BCUT2D eigenvalue weighted by Crippen LogP contribution is -2.30. The lowest BCUT2D eigenvalue weighted by atomic mass is 9.85. The molecule has 1 aliphatic rings. The molecule has 1 aromatic heterocycles. The first kappa shape index (κ1) is 17.0. The number of hydrogen-bond acceptors (Lipinski definition) is 2. The van der Waals surface area contributed by atoms with Gasteiger partial charge in [-0.25, -0.2) is 0 Å². The number of carbonyl (C=O) groups is 1. The summed E-state index contributed by atoms with van der Waals surface area (Å²) in [6.07, 6.45) is -4.22. The molecular weight excluding hydrogens is 357 g/mol. The van der Waals surface area contributed by atoms with Crippen molar-refractivity contribution in [3.8, 4) is 11.1 Å². The second-order valence-electron chi connectivity index (χ2n) is 6.41. The summed E-state index contributed by atoms with van der Waals surface area (Å²) in [5.74, 6) is -2.88. The molecule has 1 nitrogen and oxygen atoms in total. The van der Waals surface area contributed by atoms with Gasteiger partial charge in [0.1, 0.15) is 0 Å². The lowest BCUT2D eigenvalue weighted by Gasteiger charge is -2.20. The molecule has 0 saturated carbocycles. The smallest absolute Gasteiger partial charge is 0.289 e. The Hall–Kier alpha value is -2.40. The van der Waals surface area contributed by atoms with Crippen LogP contribution < -0.4 is 0 Å². The van der Waals surface area contributed by atoms with Crippen LogP contribution in [0, 0.1) is 0 Å². The van der Waals surface area contributed by atoms with Crippen molar-refractivity contribution < 1.29 is 18.0 Å². The van der Waals surface area contributed by atoms with Crippen molar-refractivity contribution in [1.82, 2.24) is 0 Å². The molecule has 0 amide bonds. The number of alkyl halides is 3. The summed E-state index contributed by atoms with van der Waals surface area (Å²) in [5, 5.41) is 1.82. The number of hydrogen-bond donors (Lipinski definition) is 0. The van der Waals surface area contributed by atoms with Crippen molar-refractivity contribution in [1.29, 1.82) is 0 Å². The van der Waals surface area contributed by atoms with Gasteiger partial charge in [-0.15, -0.1) is 11.3 Å². The summed E-state index contributed by atoms with van der Waals surface area (Å²) in [5.41, 5.74) is 4.40. The molecule has 0 fully saturated rings. The highest BCUT2D eigenvalue weighted by molar-refractivity contribution is 7.09. The Balaban J connectivity index is 1.81. The number of benzene rings is 2. The predicted molar refractivity (Wildman–Crippen MR) is 96.5 cm³/mol. The van der Waals surface area contributed by atoms with Crippen molar-refractivity contribution in [3.05, 3.63) is 81.5 Å². The molecule has 1 heterocycles. The molecule has 3 aromatic rings. The zero-order valence-corrected chi connectivity index (χ0v) is 14.5. The highest BCUT2D eigenvalue weighted by atomic mass is 32.1. The van der Waals surface area contributed by atoms with Crippen LogP contribution in [0.25, 0.3) is 11.1 Å². The highest BCUT2D eigenvalue weighted by Gasteiger charge is 2.44. The standard InChI is InChI=1S/C21H15F3OS/c22-21(23,24)20(25)19(12-14-6-4-10-26-14)17-9-3-8-16-15-7-2-1-5-13(15)11-18(16)17/h1-10,19H,11-12H2. The molecule has 1 aliphatic carbocycles. The Labute approximate surface area is 153 Å². The topological polar surface area (TPSA) is 17.1 Å². The van der Waals surface area contributed by atoms with Crippen molar-refractivity contribution >= 4 is 17.1 Å². The Morgan fingerprint density at radius 1 is 1.00 bits per heavy atom. The maximum Gasteiger partial charge on any atom is 0.450 e. The van der Waals surface area contributed by atoms with Gasteiger partial charge in [0.25, 0.3) is 0 Å². The van der Waals surface area contributed by atoms with Crippen LogP contribution in [0.1, 0.15) is 27.5 Å². The van der Waals surface area contributed by atoms with E-state index in [0.29, 0.717) is 12.0 Å². The van der Waals surface area contributed by atoms with Gasteiger partial charge < -0.3 is 0 Å². The molecule has 0 bridgehead atoms. The SMILES string of the molecule is O=C(C(Cc1cccs1)c1cccc2c1Cc1ccccc1-2)C(F)(F)F. The fraction of sp³-hybridized carbons (Fsp3) is 0.190. The van der Waals surface area contributed by atoms with Crippen molar-refractivity contribution in [2.45, 2.75) is 24.9 Å². The van der Waals surface area contributed by atoms with E-state index in [9.17, 15) is 18.0 Å². The van der Waals surface area contributed by atoms with Crippen LogP contribution in [0.3, 0.4) is 0 Å². The number of ketones is 1. The molecule has 4 rings (SSSR count). The van der Waals surface area contributed by atoms with E-state index in [4.69, 9.17) is 0 Å². The molecule has 0 radical (unpaired) electrons. The Morgan fingerprint density at radius 2 is 1.77 bits per heavy atom. The monoisotopic (exact) mass is 372 g/mol. The van der Waals surface area contributed by atoms with E-state index in [1.165, 1.54) is 11.3 Å². The quantitative estimate of drug-likeness (QED) is 0.444.